The molecule has 0 unspecified atom stereocenters. The Balaban J connectivity index is 1.31. The van der Waals surface area contributed by atoms with Crippen LogP contribution in [-0.2, 0) is 11.8 Å². The average Bonchev–Trinajstić information content (AvgIpc) is 3.65. The monoisotopic (exact) mass is 569 g/mol. The highest BCUT2D eigenvalue weighted by atomic mass is 32.2. The van der Waals surface area contributed by atoms with Gasteiger partial charge in [0, 0.05) is 59.6 Å². The van der Waals surface area contributed by atoms with E-state index in [1.165, 1.54) is 11.8 Å². The van der Waals surface area contributed by atoms with Crippen molar-refractivity contribution in [1.29, 1.82) is 5.26 Å². The summed E-state index contributed by atoms with van der Waals surface area (Å²) in [5.41, 5.74) is 4.63. The molecule has 5 aromatic heterocycles. The lowest BCUT2D eigenvalue weighted by molar-refractivity contribution is 0.0184. The molecule has 1 fully saturated rings. The lowest BCUT2D eigenvalue weighted by Gasteiger charge is -2.33. The van der Waals surface area contributed by atoms with E-state index < -0.39 is 5.60 Å². The molecule has 6 heterocycles. The molecule has 1 aliphatic rings. The van der Waals surface area contributed by atoms with E-state index >= 15 is 0 Å². The molecule has 0 spiro atoms. The van der Waals surface area contributed by atoms with Crippen LogP contribution in [0.5, 0.6) is 0 Å². The number of aromatic nitrogens is 7. The highest BCUT2D eigenvalue weighted by molar-refractivity contribution is 7.99. The van der Waals surface area contributed by atoms with E-state index in [9.17, 15) is 10.1 Å². The van der Waals surface area contributed by atoms with Crippen molar-refractivity contribution >= 4 is 34.3 Å². The molecular weight excluding hydrogens is 538 g/mol. The van der Waals surface area contributed by atoms with E-state index in [1.54, 1.807) is 21.8 Å². The fourth-order valence-corrected chi connectivity index (χ4v) is 6.50. The average molecular weight is 570 g/mol. The lowest BCUT2D eigenvalue weighted by atomic mass is 10.0. The number of nitriles is 1. The Morgan fingerprint density at radius 2 is 1.90 bits per heavy atom. The molecule has 11 nitrogen and oxygen atoms in total. The molecule has 1 aliphatic heterocycles. The number of hydrogen-bond donors (Lipinski definition) is 0. The summed E-state index contributed by atoms with van der Waals surface area (Å²) in [6, 6.07) is 6.48. The number of carbonyl (C=O) groups excluding carboxylic acids is 1. The molecule has 0 radical (unpaired) electrons. The second-order valence-electron chi connectivity index (χ2n) is 11.3. The van der Waals surface area contributed by atoms with Gasteiger partial charge in [0.2, 0.25) is 0 Å². The third-order valence-corrected chi connectivity index (χ3v) is 8.36. The van der Waals surface area contributed by atoms with E-state index in [2.05, 4.69) is 38.9 Å². The van der Waals surface area contributed by atoms with Gasteiger partial charge in [-0.1, -0.05) is 11.8 Å². The van der Waals surface area contributed by atoms with Crippen molar-refractivity contribution in [3.8, 4) is 17.2 Å². The zero-order valence-corrected chi connectivity index (χ0v) is 24.5. The summed E-state index contributed by atoms with van der Waals surface area (Å²) < 4.78 is 11.2. The normalized spacial score (nSPS) is 14.6. The van der Waals surface area contributed by atoms with E-state index in [4.69, 9.17) is 9.84 Å². The number of hydrogen-bond acceptors (Lipinski definition) is 8. The molecule has 210 valence electrons. The molecule has 12 heteroatoms. The first-order valence-electron chi connectivity index (χ1n) is 13.5. The molecule has 1 saturated heterocycles. The molecule has 0 bridgehead atoms. The molecule has 5 aromatic rings. The zero-order valence-electron chi connectivity index (χ0n) is 23.7. The largest absolute Gasteiger partial charge is 0.444 e. The third kappa shape index (κ3) is 5.02. The SMILES string of the molecule is Cc1c(-c2cc(Sc3nccc4cnn(C)c34)c3c(C#N)cnn3c2)cnn1C1CCN(C(=O)OC(C)(C)C)CC1. The van der Waals surface area contributed by atoms with Crippen molar-refractivity contribution in [3.05, 3.63) is 54.4 Å². The summed E-state index contributed by atoms with van der Waals surface area (Å²) in [5, 5.41) is 25.3. The van der Waals surface area contributed by atoms with Crippen molar-refractivity contribution in [2.45, 2.75) is 62.1 Å². The van der Waals surface area contributed by atoms with Crippen molar-refractivity contribution in [1.82, 2.24) is 39.1 Å². The van der Waals surface area contributed by atoms with Gasteiger partial charge in [0.15, 0.2) is 0 Å². The Hall–Kier alpha value is -4.37. The summed E-state index contributed by atoms with van der Waals surface area (Å²) in [7, 11) is 1.90. The fourth-order valence-electron chi connectivity index (χ4n) is 5.35. The van der Waals surface area contributed by atoms with Gasteiger partial charge in [-0.3, -0.25) is 9.36 Å². The molecule has 0 aromatic carbocycles. The van der Waals surface area contributed by atoms with Crippen molar-refractivity contribution in [3.63, 3.8) is 0 Å². The Labute approximate surface area is 241 Å². The van der Waals surface area contributed by atoms with Crippen LogP contribution in [0.15, 0.2) is 53.0 Å². The van der Waals surface area contributed by atoms with E-state index in [0.29, 0.717) is 18.7 Å². The van der Waals surface area contributed by atoms with Crippen LogP contribution in [0.4, 0.5) is 4.79 Å². The minimum atomic E-state index is -0.511. The smallest absolute Gasteiger partial charge is 0.410 e. The van der Waals surface area contributed by atoms with Crippen LogP contribution in [0.3, 0.4) is 0 Å². The van der Waals surface area contributed by atoms with Crippen molar-refractivity contribution in [2.75, 3.05) is 13.1 Å². The van der Waals surface area contributed by atoms with Gasteiger partial charge in [0.1, 0.15) is 22.2 Å². The number of carbonyl (C=O) groups is 1. The van der Waals surface area contributed by atoms with Crippen LogP contribution >= 0.6 is 11.8 Å². The van der Waals surface area contributed by atoms with E-state index in [0.717, 1.165) is 56.0 Å². The van der Waals surface area contributed by atoms with Crippen LogP contribution in [0, 0.1) is 18.3 Å². The van der Waals surface area contributed by atoms with Crippen molar-refractivity contribution < 1.29 is 9.53 Å². The molecule has 0 atom stereocenters. The minimum absolute atomic E-state index is 0.182. The van der Waals surface area contributed by atoms with Gasteiger partial charge in [-0.2, -0.15) is 20.6 Å². The molecule has 1 amide bonds. The zero-order chi connectivity index (χ0) is 28.9. The van der Waals surface area contributed by atoms with Gasteiger partial charge in [-0.25, -0.2) is 14.3 Å². The van der Waals surface area contributed by atoms with E-state index in [1.807, 2.05) is 57.2 Å². The minimum Gasteiger partial charge on any atom is -0.444 e. The third-order valence-electron chi connectivity index (χ3n) is 7.34. The number of likely N-dealkylation sites (tertiary alicyclic amines) is 1. The topological polar surface area (TPSA) is 119 Å². The standard InChI is InChI=1S/C29H31N9O2S/c1-18-23(16-34-38(18)22-7-10-36(11-8-22)28(39)40-29(2,3)4)20-12-24(25-21(13-30)15-33-37(25)17-20)41-27-26-19(6-9-31-27)14-32-35(26)5/h6,9,12,14-17,22H,7-8,10-11H2,1-5H3. The first kappa shape index (κ1) is 26.8. The number of ether oxygens (including phenoxy) is 1. The molecule has 41 heavy (non-hydrogen) atoms. The van der Waals surface area contributed by atoms with Gasteiger partial charge in [0.05, 0.1) is 35.7 Å². The summed E-state index contributed by atoms with van der Waals surface area (Å²) in [6.07, 6.45) is 10.4. The van der Waals surface area contributed by atoms with Gasteiger partial charge in [0.25, 0.3) is 0 Å². The lowest BCUT2D eigenvalue weighted by Crippen LogP contribution is -2.42. The Bertz CT molecular complexity index is 1810. The van der Waals surface area contributed by atoms with Gasteiger partial charge >= 0.3 is 6.09 Å². The highest BCUT2D eigenvalue weighted by Crippen LogP contribution is 2.38. The quantitative estimate of drug-likeness (QED) is 0.283. The summed E-state index contributed by atoms with van der Waals surface area (Å²) in [4.78, 5) is 19.8. The predicted octanol–water partition coefficient (Wildman–Crippen LogP) is 5.38. The predicted molar refractivity (Wildman–Crippen MR) is 155 cm³/mol. The number of amides is 1. The molecule has 0 saturated carbocycles. The first-order valence-corrected chi connectivity index (χ1v) is 14.3. The molecule has 0 aliphatic carbocycles. The Morgan fingerprint density at radius 3 is 2.63 bits per heavy atom. The summed E-state index contributed by atoms with van der Waals surface area (Å²) in [6.45, 7) is 8.96. The second kappa shape index (κ2) is 10.2. The van der Waals surface area contributed by atoms with Gasteiger partial charge in [-0.05, 0) is 52.7 Å². The number of piperidine rings is 1. The molecule has 0 N–H and O–H groups in total. The number of rotatable bonds is 4. The van der Waals surface area contributed by atoms with Crippen LogP contribution in [0.2, 0.25) is 0 Å². The molecule has 6 rings (SSSR count). The van der Waals surface area contributed by atoms with Gasteiger partial charge < -0.3 is 9.64 Å². The Morgan fingerprint density at radius 1 is 1.12 bits per heavy atom. The second-order valence-corrected chi connectivity index (χ2v) is 12.3. The number of fused-ring (bicyclic) bond motifs is 2. The summed E-state index contributed by atoms with van der Waals surface area (Å²) in [5.74, 6) is 0. The number of nitrogens with zero attached hydrogens (tertiary/aromatic N) is 9. The van der Waals surface area contributed by atoms with Crippen LogP contribution in [-0.4, -0.2) is 63.8 Å². The maximum absolute atomic E-state index is 12.5. The maximum atomic E-state index is 12.5. The molecular formula is C29H31N9O2S. The van der Waals surface area contributed by atoms with Crippen LogP contribution in [0.25, 0.3) is 27.5 Å². The van der Waals surface area contributed by atoms with Gasteiger partial charge in [-0.15, -0.1) is 0 Å². The Kier molecular flexibility index (Phi) is 6.69. The van der Waals surface area contributed by atoms with Crippen LogP contribution in [0.1, 0.15) is 50.9 Å². The first-order chi connectivity index (χ1) is 19.6. The number of aryl methyl sites for hydroxylation is 1. The van der Waals surface area contributed by atoms with Crippen molar-refractivity contribution in [2.24, 2.45) is 7.05 Å². The fraction of sp³-hybridized carbons (Fsp3) is 0.379. The van der Waals surface area contributed by atoms with E-state index in [-0.39, 0.29) is 12.1 Å². The van der Waals surface area contributed by atoms with Crippen LogP contribution < -0.4 is 0 Å². The highest BCUT2D eigenvalue weighted by Gasteiger charge is 2.29. The maximum Gasteiger partial charge on any atom is 0.410 e. The number of pyridine rings is 2. The summed E-state index contributed by atoms with van der Waals surface area (Å²) >= 11 is 1.50.